The molecule has 1 aliphatic carbocycles. The molecule has 0 amide bonds. The highest BCUT2D eigenvalue weighted by atomic mass is 16.6. The molecule has 0 spiro atoms. The molecule has 0 saturated heterocycles. The highest BCUT2D eigenvalue weighted by Gasteiger charge is 2.44. The van der Waals surface area contributed by atoms with Crippen LogP contribution in [-0.4, -0.2) is 17.6 Å². The van der Waals surface area contributed by atoms with Crippen molar-refractivity contribution >= 4 is 5.97 Å². The molecule has 0 aliphatic heterocycles. The van der Waals surface area contributed by atoms with Gasteiger partial charge in [0.1, 0.15) is 11.6 Å². The van der Waals surface area contributed by atoms with E-state index in [1.54, 1.807) is 0 Å². The lowest BCUT2D eigenvalue weighted by Gasteiger charge is -2.42. The highest BCUT2D eigenvalue weighted by molar-refractivity contribution is 5.78. The number of carbonyl (C=O) groups excluding carboxylic acids is 1. The monoisotopic (exact) mass is 288 g/mol. The number of esters is 1. The van der Waals surface area contributed by atoms with Crippen LogP contribution in [0.1, 0.15) is 58.4 Å². The Hall–Kier alpha value is -1.35. The molecule has 3 nitrogen and oxygen atoms in total. The maximum absolute atomic E-state index is 12.5. The first kappa shape index (κ1) is 16.0. The smallest absolute Gasteiger partial charge is 0.324 e. The van der Waals surface area contributed by atoms with Gasteiger partial charge >= 0.3 is 5.97 Å². The molecular weight excluding hydrogens is 262 g/mol. The summed E-state index contributed by atoms with van der Waals surface area (Å²) >= 11 is 0. The van der Waals surface area contributed by atoms with Gasteiger partial charge < -0.3 is 10.5 Å². The van der Waals surface area contributed by atoms with E-state index in [-0.39, 0.29) is 11.4 Å². The normalized spacial score (nSPS) is 19.8. The molecule has 1 radical (unpaired) electrons. The average Bonchev–Trinajstić information content (AvgIpc) is 2.46. The van der Waals surface area contributed by atoms with Crippen LogP contribution in [0.25, 0.3) is 0 Å². The third-order valence-electron chi connectivity index (χ3n) is 4.29. The Labute approximate surface area is 127 Å². The van der Waals surface area contributed by atoms with E-state index in [2.05, 4.69) is 6.07 Å². The molecule has 1 aromatic rings. The fraction of sp³-hybridized carbons (Fsp3) is 0.611. The molecular formula is C18H26NO2. The van der Waals surface area contributed by atoms with Crippen molar-refractivity contribution in [3.63, 3.8) is 0 Å². The minimum atomic E-state index is -0.612. The molecule has 115 valence electrons. The van der Waals surface area contributed by atoms with E-state index in [1.165, 1.54) is 6.42 Å². The molecule has 2 rings (SSSR count). The Morgan fingerprint density at radius 1 is 1.24 bits per heavy atom. The largest absolute Gasteiger partial charge is 0.459 e. The van der Waals surface area contributed by atoms with E-state index >= 15 is 0 Å². The van der Waals surface area contributed by atoms with Gasteiger partial charge in [-0.25, -0.2) is 0 Å². The first-order valence-electron chi connectivity index (χ1n) is 7.80. The van der Waals surface area contributed by atoms with Crippen LogP contribution in [0.4, 0.5) is 0 Å². The van der Waals surface area contributed by atoms with Crippen LogP contribution in [0.15, 0.2) is 24.3 Å². The predicted octanol–water partition coefficient (Wildman–Crippen LogP) is 3.36. The Balaban J connectivity index is 2.30. The van der Waals surface area contributed by atoms with Crippen molar-refractivity contribution in [2.24, 2.45) is 5.73 Å². The molecule has 0 aromatic heterocycles. The minimum Gasteiger partial charge on any atom is -0.459 e. The summed E-state index contributed by atoms with van der Waals surface area (Å²) in [6.45, 7) is 5.63. The van der Waals surface area contributed by atoms with Gasteiger partial charge in [0.2, 0.25) is 0 Å². The van der Waals surface area contributed by atoms with Crippen molar-refractivity contribution in [3.05, 3.63) is 35.9 Å². The second-order valence-corrected chi connectivity index (χ2v) is 7.02. The molecule has 0 heterocycles. The van der Waals surface area contributed by atoms with Gasteiger partial charge in [-0.1, -0.05) is 43.5 Å². The number of carbonyl (C=O) groups is 1. The molecule has 21 heavy (non-hydrogen) atoms. The second kappa shape index (κ2) is 6.18. The molecule has 1 unspecified atom stereocenters. The van der Waals surface area contributed by atoms with Gasteiger partial charge in [-0.3, -0.25) is 4.79 Å². The summed E-state index contributed by atoms with van der Waals surface area (Å²) in [6, 6.07) is 10.3. The molecule has 1 fully saturated rings. The third kappa shape index (κ3) is 3.65. The first-order chi connectivity index (χ1) is 9.85. The van der Waals surface area contributed by atoms with Crippen LogP contribution in [0.3, 0.4) is 0 Å². The third-order valence-corrected chi connectivity index (χ3v) is 4.29. The minimum absolute atomic E-state index is 0.294. The summed E-state index contributed by atoms with van der Waals surface area (Å²) in [6.07, 6.45) is 5.31. The summed E-state index contributed by atoms with van der Waals surface area (Å²) in [4.78, 5) is 12.5. The number of ether oxygens (including phenoxy) is 1. The quantitative estimate of drug-likeness (QED) is 0.868. The van der Waals surface area contributed by atoms with E-state index in [4.69, 9.17) is 10.5 Å². The molecule has 1 aromatic carbocycles. The van der Waals surface area contributed by atoms with Crippen molar-refractivity contribution < 1.29 is 9.53 Å². The van der Waals surface area contributed by atoms with Crippen LogP contribution >= 0.6 is 0 Å². The molecule has 1 atom stereocenters. The molecule has 0 bridgehead atoms. The lowest BCUT2D eigenvalue weighted by molar-refractivity contribution is -0.159. The van der Waals surface area contributed by atoms with Gasteiger partial charge in [0.15, 0.2) is 0 Å². The van der Waals surface area contributed by atoms with Crippen molar-refractivity contribution in [1.29, 1.82) is 0 Å². The zero-order valence-electron chi connectivity index (χ0n) is 13.3. The second-order valence-electron chi connectivity index (χ2n) is 7.02. The van der Waals surface area contributed by atoms with E-state index in [1.807, 2.05) is 45.0 Å². The van der Waals surface area contributed by atoms with E-state index in [0.717, 1.165) is 31.2 Å². The van der Waals surface area contributed by atoms with Crippen LogP contribution in [-0.2, 0) is 14.9 Å². The number of nitrogens with two attached hydrogens (primary N) is 1. The fourth-order valence-corrected chi connectivity index (χ4v) is 3.27. The van der Waals surface area contributed by atoms with Crippen LogP contribution in [0.2, 0.25) is 0 Å². The summed E-state index contributed by atoms with van der Waals surface area (Å²) in [5, 5.41) is 0. The van der Waals surface area contributed by atoms with Gasteiger partial charge in [0, 0.05) is 5.41 Å². The summed E-state index contributed by atoms with van der Waals surface area (Å²) in [5.41, 5.74) is 6.72. The van der Waals surface area contributed by atoms with E-state index in [9.17, 15) is 4.79 Å². The van der Waals surface area contributed by atoms with Crippen molar-refractivity contribution in [2.45, 2.75) is 69.9 Å². The Bertz CT molecular complexity index is 470. The van der Waals surface area contributed by atoms with Gasteiger partial charge in [-0.05, 0) is 45.2 Å². The van der Waals surface area contributed by atoms with E-state index in [0.29, 0.717) is 0 Å². The summed E-state index contributed by atoms with van der Waals surface area (Å²) in [7, 11) is 0. The van der Waals surface area contributed by atoms with Crippen LogP contribution in [0, 0.1) is 6.07 Å². The molecule has 1 aliphatic rings. The summed E-state index contributed by atoms with van der Waals surface area (Å²) < 4.78 is 5.53. The van der Waals surface area contributed by atoms with Gasteiger partial charge in [0.25, 0.3) is 0 Å². The summed E-state index contributed by atoms with van der Waals surface area (Å²) in [5.74, 6) is -0.294. The molecule has 2 N–H and O–H groups in total. The first-order valence-corrected chi connectivity index (χ1v) is 7.80. The number of rotatable bonds is 3. The van der Waals surface area contributed by atoms with Gasteiger partial charge in [-0.2, -0.15) is 0 Å². The zero-order chi connectivity index (χ0) is 15.5. The van der Waals surface area contributed by atoms with Crippen molar-refractivity contribution in [2.75, 3.05) is 0 Å². The fourth-order valence-electron chi connectivity index (χ4n) is 3.27. The Morgan fingerprint density at radius 3 is 2.33 bits per heavy atom. The Kier molecular flexibility index (Phi) is 4.72. The zero-order valence-corrected chi connectivity index (χ0v) is 13.3. The lowest BCUT2D eigenvalue weighted by atomic mass is 9.65. The standard InChI is InChI=1S/C18H26NO2/c1-17(2,3)21-16(20)15(19)18(12-8-5-9-13-18)14-10-6-4-7-11-14/h6-7,10-11,15H,5,8-9,12-13,19H2,1-3H3. The van der Waals surface area contributed by atoms with Crippen molar-refractivity contribution in [3.8, 4) is 0 Å². The SMILES string of the molecule is CC(C)(C)OC(=O)C(N)C1(c2cc[c]cc2)CCCCC1. The van der Waals surface area contributed by atoms with Gasteiger partial charge in [-0.15, -0.1) is 0 Å². The maximum atomic E-state index is 12.5. The van der Waals surface area contributed by atoms with E-state index < -0.39 is 11.6 Å². The van der Waals surface area contributed by atoms with Crippen LogP contribution < -0.4 is 5.73 Å². The Morgan fingerprint density at radius 2 is 1.81 bits per heavy atom. The highest BCUT2D eigenvalue weighted by Crippen LogP contribution is 2.42. The number of hydrogen-bond acceptors (Lipinski definition) is 3. The molecule has 3 heteroatoms. The number of hydrogen-bond donors (Lipinski definition) is 1. The van der Waals surface area contributed by atoms with Gasteiger partial charge in [0.05, 0.1) is 0 Å². The topological polar surface area (TPSA) is 52.3 Å². The maximum Gasteiger partial charge on any atom is 0.324 e. The van der Waals surface area contributed by atoms with Crippen molar-refractivity contribution in [1.82, 2.24) is 0 Å². The predicted molar refractivity (Wildman–Crippen MR) is 83.9 cm³/mol. The average molecular weight is 288 g/mol. The van der Waals surface area contributed by atoms with Crippen LogP contribution in [0.5, 0.6) is 0 Å². The number of benzene rings is 1. The molecule has 1 saturated carbocycles. The lowest BCUT2D eigenvalue weighted by Crippen LogP contribution is -2.53.